The number of carbonyl (C=O) groups is 1. The zero-order valence-corrected chi connectivity index (χ0v) is 14.9. The first-order valence-electron chi connectivity index (χ1n) is 7.86. The molecule has 0 bridgehead atoms. The number of carbonyl (C=O) groups excluding carboxylic acids is 1. The van der Waals surface area contributed by atoms with E-state index in [1.54, 1.807) is 25.2 Å². The lowest BCUT2D eigenvalue weighted by molar-refractivity contribution is -0.121. The summed E-state index contributed by atoms with van der Waals surface area (Å²) in [6.45, 7) is 5.54. The van der Waals surface area contributed by atoms with Crippen LogP contribution in [0.4, 0.5) is 0 Å². The molecule has 0 saturated heterocycles. The standard InChI is InChI=1S/C18H21N3O2S/c1-11(9-14-5-4-8-24-14)20-17(22)7-6-15-12(2)16(10-19)18(23)21-13(15)3/h4-5,8,11H,6-7,9H2,1-3H3,(H,20,22)(H,21,23)/t11-/m1/s1. The van der Waals surface area contributed by atoms with Crippen molar-refractivity contribution in [1.29, 1.82) is 5.26 Å². The summed E-state index contributed by atoms with van der Waals surface area (Å²) in [5, 5.41) is 14.1. The average molecular weight is 343 g/mol. The molecule has 6 heteroatoms. The van der Waals surface area contributed by atoms with Gasteiger partial charge in [0.1, 0.15) is 11.6 Å². The van der Waals surface area contributed by atoms with Crippen LogP contribution in [0.3, 0.4) is 0 Å². The Hall–Kier alpha value is -2.39. The number of hydrogen-bond donors (Lipinski definition) is 2. The molecule has 0 aliphatic heterocycles. The van der Waals surface area contributed by atoms with Gasteiger partial charge in [-0.25, -0.2) is 0 Å². The van der Waals surface area contributed by atoms with Gasteiger partial charge in [0.25, 0.3) is 5.56 Å². The number of aromatic nitrogens is 1. The minimum atomic E-state index is -0.370. The fourth-order valence-corrected chi connectivity index (χ4v) is 3.62. The fraction of sp³-hybridized carbons (Fsp3) is 0.389. The summed E-state index contributed by atoms with van der Waals surface area (Å²) in [7, 11) is 0. The number of thiophene rings is 1. The lowest BCUT2D eigenvalue weighted by atomic mass is 9.99. The Morgan fingerprint density at radius 1 is 1.46 bits per heavy atom. The molecule has 1 atom stereocenters. The number of aryl methyl sites for hydroxylation is 1. The Morgan fingerprint density at radius 3 is 2.83 bits per heavy atom. The maximum absolute atomic E-state index is 12.2. The first kappa shape index (κ1) is 18.0. The first-order chi connectivity index (χ1) is 11.4. The number of amides is 1. The number of aromatic amines is 1. The molecule has 0 saturated carbocycles. The first-order valence-corrected chi connectivity index (χ1v) is 8.74. The molecule has 1 amide bonds. The van der Waals surface area contributed by atoms with E-state index in [4.69, 9.17) is 5.26 Å². The molecule has 126 valence electrons. The second-order valence-corrected chi connectivity index (χ2v) is 6.95. The Balaban J connectivity index is 1.97. The van der Waals surface area contributed by atoms with E-state index in [-0.39, 0.29) is 23.1 Å². The van der Waals surface area contributed by atoms with Gasteiger partial charge in [0, 0.05) is 29.5 Å². The second-order valence-electron chi connectivity index (χ2n) is 5.92. The summed E-state index contributed by atoms with van der Waals surface area (Å²) in [6.07, 6.45) is 1.65. The van der Waals surface area contributed by atoms with Crippen molar-refractivity contribution in [2.24, 2.45) is 0 Å². The van der Waals surface area contributed by atoms with Gasteiger partial charge in [0.05, 0.1) is 0 Å². The fourth-order valence-electron chi connectivity index (χ4n) is 2.79. The van der Waals surface area contributed by atoms with Crippen molar-refractivity contribution in [3.63, 3.8) is 0 Å². The van der Waals surface area contributed by atoms with Crippen molar-refractivity contribution in [3.8, 4) is 6.07 Å². The van der Waals surface area contributed by atoms with Crippen molar-refractivity contribution in [1.82, 2.24) is 10.3 Å². The van der Waals surface area contributed by atoms with Crippen LogP contribution >= 0.6 is 11.3 Å². The minimum Gasteiger partial charge on any atom is -0.353 e. The third-order valence-electron chi connectivity index (χ3n) is 4.02. The summed E-state index contributed by atoms with van der Waals surface area (Å²) < 4.78 is 0. The van der Waals surface area contributed by atoms with Crippen LogP contribution in [0.15, 0.2) is 22.3 Å². The SMILES string of the molecule is Cc1[nH]c(=O)c(C#N)c(C)c1CCC(=O)N[C@H](C)Cc1cccs1. The summed E-state index contributed by atoms with van der Waals surface area (Å²) in [5.74, 6) is -0.0254. The number of rotatable bonds is 6. The Bertz CT molecular complexity index is 816. The minimum absolute atomic E-state index is 0.0254. The highest BCUT2D eigenvalue weighted by atomic mass is 32.1. The van der Waals surface area contributed by atoms with Crippen molar-refractivity contribution in [3.05, 3.63) is 55.1 Å². The van der Waals surface area contributed by atoms with Gasteiger partial charge >= 0.3 is 0 Å². The van der Waals surface area contributed by atoms with E-state index in [0.717, 1.165) is 17.7 Å². The molecule has 2 heterocycles. The Labute approximate surface area is 145 Å². The largest absolute Gasteiger partial charge is 0.353 e. The van der Waals surface area contributed by atoms with Crippen LogP contribution in [-0.2, 0) is 17.6 Å². The van der Waals surface area contributed by atoms with Gasteiger partial charge in [0.15, 0.2) is 0 Å². The molecule has 0 radical (unpaired) electrons. The van der Waals surface area contributed by atoms with Gasteiger partial charge in [-0.1, -0.05) is 6.07 Å². The molecule has 0 aromatic carbocycles. The monoisotopic (exact) mass is 343 g/mol. The van der Waals surface area contributed by atoms with Crippen LogP contribution in [0.2, 0.25) is 0 Å². The molecule has 2 N–H and O–H groups in total. The molecule has 5 nitrogen and oxygen atoms in total. The van der Waals surface area contributed by atoms with Crippen LogP contribution in [0.1, 0.15) is 40.6 Å². The van der Waals surface area contributed by atoms with E-state index >= 15 is 0 Å². The van der Waals surface area contributed by atoms with E-state index in [1.165, 1.54) is 4.88 Å². The summed E-state index contributed by atoms with van der Waals surface area (Å²) in [6, 6.07) is 6.07. The average Bonchev–Trinajstić information content (AvgIpc) is 2.99. The molecule has 0 spiro atoms. The van der Waals surface area contributed by atoms with Crippen LogP contribution in [0.25, 0.3) is 0 Å². The van der Waals surface area contributed by atoms with E-state index in [2.05, 4.69) is 16.4 Å². The van der Waals surface area contributed by atoms with Crippen molar-refractivity contribution in [2.75, 3.05) is 0 Å². The number of H-pyrrole nitrogens is 1. The number of nitrogens with zero attached hydrogens (tertiary/aromatic N) is 1. The maximum Gasteiger partial charge on any atom is 0.266 e. The molecule has 0 aliphatic rings. The van der Waals surface area contributed by atoms with Crippen molar-refractivity contribution in [2.45, 2.75) is 46.1 Å². The molecule has 0 aliphatic carbocycles. The van der Waals surface area contributed by atoms with Gasteiger partial charge in [-0.3, -0.25) is 9.59 Å². The number of nitriles is 1. The molecule has 2 aromatic heterocycles. The maximum atomic E-state index is 12.2. The zero-order chi connectivity index (χ0) is 17.7. The lowest BCUT2D eigenvalue weighted by Crippen LogP contribution is -2.34. The van der Waals surface area contributed by atoms with Crippen LogP contribution in [-0.4, -0.2) is 16.9 Å². The highest BCUT2D eigenvalue weighted by Gasteiger charge is 2.14. The Kier molecular flexibility index (Phi) is 5.93. The molecule has 2 aromatic rings. The predicted octanol–water partition coefficient (Wildman–Crippen LogP) is 2.60. The molecule has 2 rings (SSSR count). The van der Waals surface area contributed by atoms with Gasteiger partial charge in [-0.15, -0.1) is 11.3 Å². The number of pyridine rings is 1. The van der Waals surface area contributed by atoms with Crippen molar-refractivity contribution < 1.29 is 4.79 Å². The summed E-state index contributed by atoms with van der Waals surface area (Å²) in [5.41, 5.74) is 2.01. The lowest BCUT2D eigenvalue weighted by Gasteiger charge is -2.14. The third kappa shape index (κ3) is 4.33. The van der Waals surface area contributed by atoms with Crippen LogP contribution in [0, 0.1) is 25.2 Å². The van der Waals surface area contributed by atoms with E-state index in [0.29, 0.717) is 18.4 Å². The predicted molar refractivity (Wildman–Crippen MR) is 95.2 cm³/mol. The number of nitrogens with one attached hydrogen (secondary N) is 2. The highest BCUT2D eigenvalue weighted by Crippen LogP contribution is 2.15. The van der Waals surface area contributed by atoms with Gasteiger partial charge < -0.3 is 10.3 Å². The molecule has 0 unspecified atom stereocenters. The molecule has 24 heavy (non-hydrogen) atoms. The van der Waals surface area contributed by atoms with Gasteiger partial charge in [-0.2, -0.15) is 5.26 Å². The smallest absolute Gasteiger partial charge is 0.266 e. The molecular formula is C18H21N3O2S. The third-order valence-corrected chi connectivity index (χ3v) is 4.92. The van der Waals surface area contributed by atoms with Crippen LogP contribution < -0.4 is 10.9 Å². The highest BCUT2D eigenvalue weighted by molar-refractivity contribution is 7.09. The van der Waals surface area contributed by atoms with Gasteiger partial charge in [0.2, 0.25) is 5.91 Å². The zero-order valence-electron chi connectivity index (χ0n) is 14.1. The van der Waals surface area contributed by atoms with E-state index < -0.39 is 0 Å². The van der Waals surface area contributed by atoms with Crippen LogP contribution in [0.5, 0.6) is 0 Å². The Morgan fingerprint density at radius 2 is 2.21 bits per heavy atom. The normalized spacial score (nSPS) is 11.8. The number of hydrogen-bond acceptors (Lipinski definition) is 4. The molecule has 0 fully saturated rings. The van der Waals surface area contributed by atoms with Gasteiger partial charge in [-0.05, 0) is 49.8 Å². The second kappa shape index (κ2) is 7.93. The van der Waals surface area contributed by atoms with Crippen molar-refractivity contribution >= 4 is 17.2 Å². The van der Waals surface area contributed by atoms with E-state index in [1.807, 2.05) is 24.4 Å². The van der Waals surface area contributed by atoms with E-state index in [9.17, 15) is 9.59 Å². The topological polar surface area (TPSA) is 85.8 Å². The summed E-state index contributed by atoms with van der Waals surface area (Å²) >= 11 is 1.68. The molecular weight excluding hydrogens is 322 g/mol. The quantitative estimate of drug-likeness (QED) is 0.845. The summed E-state index contributed by atoms with van der Waals surface area (Å²) in [4.78, 5) is 27.8.